The molecule has 1 aromatic rings. The lowest BCUT2D eigenvalue weighted by molar-refractivity contribution is 0.0961. The Hall–Kier alpha value is -2.77. The van der Waals surface area contributed by atoms with E-state index in [-0.39, 0.29) is 25.5 Å². The van der Waals surface area contributed by atoms with Gasteiger partial charge in [-0.05, 0) is 18.2 Å². The molecular formula is C13H15N3O5. The number of fused-ring (bicyclic) bond motifs is 1. The molecule has 1 aliphatic rings. The van der Waals surface area contributed by atoms with Gasteiger partial charge in [0.15, 0.2) is 6.61 Å². The summed E-state index contributed by atoms with van der Waals surface area (Å²) in [5.74, 6) is 0.407. The van der Waals surface area contributed by atoms with Crippen LogP contribution in [-0.2, 0) is 4.74 Å². The van der Waals surface area contributed by atoms with Gasteiger partial charge in [0.25, 0.3) is 0 Å². The summed E-state index contributed by atoms with van der Waals surface area (Å²) in [6.07, 6.45) is -0.561. The van der Waals surface area contributed by atoms with Crippen molar-refractivity contribution in [2.24, 2.45) is 0 Å². The van der Waals surface area contributed by atoms with Gasteiger partial charge in [-0.1, -0.05) is 0 Å². The van der Waals surface area contributed by atoms with Crippen LogP contribution >= 0.6 is 0 Å². The van der Waals surface area contributed by atoms with E-state index < -0.39 is 12.1 Å². The summed E-state index contributed by atoms with van der Waals surface area (Å²) in [5, 5.41) is 7.57. The summed E-state index contributed by atoms with van der Waals surface area (Å²) in [5.41, 5.74) is 0.950. The van der Waals surface area contributed by atoms with Gasteiger partial charge in [-0.15, -0.1) is 0 Å². The largest absolute Gasteiger partial charge is 0.485 e. The molecule has 2 rings (SSSR count). The predicted octanol–water partition coefficient (Wildman–Crippen LogP) is 0.739. The van der Waals surface area contributed by atoms with Crippen molar-refractivity contribution >= 4 is 23.6 Å². The molecule has 8 nitrogen and oxygen atoms in total. The molecule has 1 aromatic carbocycles. The number of ether oxygens (including phenoxy) is 2. The Balaban J connectivity index is 1.79. The number of rotatable bonds is 4. The molecule has 0 radical (unpaired) electrons. The van der Waals surface area contributed by atoms with Gasteiger partial charge >= 0.3 is 12.1 Å². The van der Waals surface area contributed by atoms with Gasteiger partial charge in [-0.2, -0.15) is 0 Å². The molecule has 8 heteroatoms. The zero-order valence-electron chi connectivity index (χ0n) is 11.4. The molecule has 0 spiro atoms. The number of amides is 3. The van der Waals surface area contributed by atoms with Crippen molar-refractivity contribution in [2.75, 3.05) is 32.1 Å². The minimum atomic E-state index is -0.561. The molecule has 0 atom stereocenters. The molecule has 0 aliphatic carbocycles. The second kappa shape index (κ2) is 6.60. The number of hydrogen-bond donors (Lipinski definition) is 3. The first kappa shape index (κ1) is 14.6. The molecule has 3 amide bonds. The van der Waals surface area contributed by atoms with E-state index in [1.807, 2.05) is 0 Å². The Morgan fingerprint density at radius 1 is 1.29 bits per heavy atom. The molecule has 112 valence electrons. The topological polar surface area (TPSA) is 106 Å². The van der Waals surface area contributed by atoms with Crippen LogP contribution in [0.2, 0.25) is 0 Å². The Morgan fingerprint density at radius 2 is 2.05 bits per heavy atom. The fraction of sp³-hybridized carbons (Fsp3) is 0.308. The van der Waals surface area contributed by atoms with E-state index in [0.29, 0.717) is 17.0 Å². The molecule has 3 N–H and O–H groups in total. The highest BCUT2D eigenvalue weighted by atomic mass is 16.5. The van der Waals surface area contributed by atoms with Gasteiger partial charge in [-0.25, -0.2) is 9.59 Å². The second-order valence-corrected chi connectivity index (χ2v) is 4.22. The number of nitrogens with one attached hydrogen (secondary N) is 3. The summed E-state index contributed by atoms with van der Waals surface area (Å²) < 4.78 is 9.54. The number of ketones is 1. The van der Waals surface area contributed by atoms with Crippen LogP contribution in [0, 0.1) is 0 Å². The van der Waals surface area contributed by atoms with E-state index in [9.17, 15) is 14.4 Å². The average molecular weight is 293 g/mol. The van der Waals surface area contributed by atoms with E-state index in [2.05, 4.69) is 20.7 Å². The minimum Gasteiger partial charge on any atom is -0.485 e. The first-order valence-electron chi connectivity index (χ1n) is 6.27. The Bertz CT molecular complexity index is 573. The Morgan fingerprint density at radius 3 is 2.81 bits per heavy atom. The van der Waals surface area contributed by atoms with E-state index >= 15 is 0 Å². The van der Waals surface area contributed by atoms with Crippen molar-refractivity contribution in [3.05, 3.63) is 23.8 Å². The van der Waals surface area contributed by atoms with E-state index in [4.69, 9.17) is 4.74 Å². The highest BCUT2D eigenvalue weighted by Gasteiger charge is 2.21. The molecule has 1 aliphatic heterocycles. The molecule has 0 fully saturated rings. The van der Waals surface area contributed by atoms with Crippen LogP contribution in [0.4, 0.5) is 15.3 Å². The summed E-state index contributed by atoms with van der Waals surface area (Å²) in [4.78, 5) is 33.9. The number of urea groups is 1. The monoisotopic (exact) mass is 293 g/mol. The number of anilines is 1. The number of carbonyl (C=O) groups is 3. The van der Waals surface area contributed by atoms with Crippen LogP contribution in [0.1, 0.15) is 10.4 Å². The fourth-order valence-electron chi connectivity index (χ4n) is 1.76. The maximum atomic E-state index is 11.6. The normalized spacial score (nSPS) is 12.1. The van der Waals surface area contributed by atoms with Crippen LogP contribution in [0.3, 0.4) is 0 Å². The van der Waals surface area contributed by atoms with Crippen molar-refractivity contribution in [3.63, 3.8) is 0 Å². The smallest absolute Gasteiger partial charge is 0.406 e. The van der Waals surface area contributed by atoms with Crippen LogP contribution < -0.4 is 20.7 Å². The molecule has 0 aromatic heterocycles. The third-order valence-electron chi connectivity index (χ3n) is 2.76. The van der Waals surface area contributed by atoms with Crippen LogP contribution in [0.15, 0.2) is 18.2 Å². The van der Waals surface area contributed by atoms with Gasteiger partial charge in [0.05, 0.1) is 12.7 Å². The van der Waals surface area contributed by atoms with Crippen molar-refractivity contribution < 1.29 is 23.9 Å². The third kappa shape index (κ3) is 3.85. The summed E-state index contributed by atoms with van der Waals surface area (Å²) in [6.45, 7) is 0.523. The zero-order valence-corrected chi connectivity index (χ0v) is 11.4. The number of carbonyl (C=O) groups excluding carboxylic acids is 3. The van der Waals surface area contributed by atoms with E-state index in [0.717, 1.165) is 0 Å². The molecule has 0 saturated carbocycles. The van der Waals surface area contributed by atoms with Gasteiger partial charge in [0.1, 0.15) is 5.75 Å². The second-order valence-electron chi connectivity index (χ2n) is 4.22. The summed E-state index contributed by atoms with van der Waals surface area (Å²) in [6, 6.07) is 4.41. The van der Waals surface area contributed by atoms with E-state index in [1.165, 1.54) is 7.11 Å². The maximum absolute atomic E-state index is 11.6. The number of Topliss-reactive ketones (excluding diaryl/α,β-unsaturated/α-hetero) is 1. The first-order valence-corrected chi connectivity index (χ1v) is 6.27. The van der Waals surface area contributed by atoms with Crippen molar-refractivity contribution in [1.29, 1.82) is 0 Å². The van der Waals surface area contributed by atoms with Crippen molar-refractivity contribution in [3.8, 4) is 5.75 Å². The quantitative estimate of drug-likeness (QED) is 0.710. The zero-order chi connectivity index (χ0) is 15.2. The van der Waals surface area contributed by atoms with Gasteiger partial charge in [0, 0.05) is 18.8 Å². The van der Waals surface area contributed by atoms with Gasteiger partial charge in [0.2, 0.25) is 5.78 Å². The van der Waals surface area contributed by atoms with Crippen molar-refractivity contribution in [2.45, 2.75) is 0 Å². The number of alkyl carbamates (subject to hydrolysis) is 1. The highest BCUT2D eigenvalue weighted by molar-refractivity contribution is 6.03. The lowest BCUT2D eigenvalue weighted by atomic mass is 10.1. The average Bonchev–Trinajstić information content (AvgIpc) is 2.84. The van der Waals surface area contributed by atoms with Gasteiger partial charge < -0.3 is 25.4 Å². The molecule has 0 bridgehead atoms. The third-order valence-corrected chi connectivity index (χ3v) is 2.76. The number of benzene rings is 1. The predicted molar refractivity (Wildman–Crippen MR) is 73.7 cm³/mol. The van der Waals surface area contributed by atoms with Gasteiger partial charge in [-0.3, -0.25) is 4.79 Å². The standard InChI is InChI=1S/C13H15N3O5/c1-20-13(19)15-5-4-14-12(18)16-8-2-3-11-9(6-8)10(17)7-21-11/h2-3,6H,4-5,7H2,1H3,(H,15,19)(H2,14,16,18). The molecule has 0 saturated heterocycles. The SMILES string of the molecule is COC(=O)NCCNC(=O)Nc1ccc2c(c1)C(=O)CO2. The molecule has 0 unspecified atom stereocenters. The van der Waals surface area contributed by atoms with Crippen LogP contribution in [0.5, 0.6) is 5.75 Å². The number of hydrogen-bond acceptors (Lipinski definition) is 5. The molecular weight excluding hydrogens is 278 g/mol. The van der Waals surface area contributed by atoms with Crippen LogP contribution in [-0.4, -0.2) is 44.7 Å². The number of methoxy groups -OCH3 is 1. The lowest BCUT2D eigenvalue weighted by Gasteiger charge is -2.08. The molecule has 21 heavy (non-hydrogen) atoms. The summed E-state index contributed by atoms with van der Waals surface area (Å²) in [7, 11) is 1.26. The highest BCUT2D eigenvalue weighted by Crippen LogP contribution is 2.27. The maximum Gasteiger partial charge on any atom is 0.406 e. The summed E-state index contributed by atoms with van der Waals surface area (Å²) >= 11 is 0. The Labute approximate surface area is 120 Å². The van der Waals surface area contributed by atoms with Crippen LogP contribution in [0.25, 0.3) is 0 Å². The first-order chi connectivity index (χ1) is 10.1. The fourth-order valence-corrected chi connectivity index (χ4v) is 1.76. The van der Waals surface area contributed by atoms with Crippen molar-refractivity contribution in [1.82, 2.24) is 10.6 Å². The minimum absolute atomic E-state index is 0.0319. The molecule has 1 heterocycles. The lowest BCUT2D eigenvalue weighted by Crippen LogP contribution is -2.36. The van der Waals surface area contributed by atoms with E-state index in [1.54, 1.807) is 18.2 Å². The Kier molecular flexibility index (Phi) is 4.60.